The van der Waals surface area contributed by atoms with E-state index in [0.29, 0.717) is 5.02 Å². The van der Waals surface area contributed by atoms with Gasteiger partial charge in [-0.05, 0) is 56.7 Å². The van der Waals surface area contributed by atoms with Crippen LogP contribution in [0.2, 0.25) is 5.02 Å². The molecule has 0 radical (unpaired) electrons. The van der Waals surface area contributed by atoms with Gasteiger partial charge in [0.05, 0.1) is 12.2 Å². The maximum absolute atomic E-state index is 9.76. The fourth-order valence-corrected chi connectivity index (χ4v) is 2.66. The highest BCUT2D eigenvalue weighted by Crippen LogP contribution is 2.32. The van der Waals surface area contributed by atoms with Crippen LogP contribution in [0, 0.1) is 5.92 Å². The molecule has 0 spiro atoms. The molecular formula is C15H21ClO2. The Hall–Kier alpha value is -0.730. The third-order valence-corrected chi connectivity index (χ3v) is 3.91. The van der Waals surface area contributed by atoms with E-state index in [1.807, 2.05) is 12.1 Å². The average Bonchev–Trinajstić information content (AvgIpc) is 2.34. The number of benzene rings is 1. The number of halogens is 1. The minimum absolute atomic E-state index is 0.278. The van der Waals surface area contributed by atoms with Crippen LogP contribution in [0.3, 0.4) is 0 Å². The first-order valence-electron chi connectivity index (χ1n) is 6.70. The summed E-state index contributed by atoms with van der Waals surface area (Å²) < 4.78 is 6.03. The largest absolute Gasteiger partial charge is 0.490 e. The van der Waals surface area contributed by atoms with E-state index in [9.17, 15) is 5.11 Å². The summed E-state index contributed by atoms with van der Waals surface area (Å²) in [5, 5.41) is 10.4. The summed E-state index contributed by atoms with van der Waals surface area (Å²) in [5.41, 5.74) is 0.779. The molecule has 18 heavy (non-hydrogen) atoms. The second-order valence-electron chi connectivity index (χ2n) is 5.36. The molecule has 1 aliphatic rings. The summed E-state index contributed by atoms with van der Waals surface area (Å²) in [5.74, 6) is 1.58. The van der Waals surface area contributed by atoms with Crippen LogP contribution in [0.4, 0.5) is 0 Å². The van der Waals surface area contributed by atoms with Crippen LogP contribution in [0.5, 0.6) is 5.75 Å². The van der Waals surface area contributed by atoms with E-state index in [1.54, 1.807) is 13.0 Å². The van der Waals surface area contributed by atoms with E-state index in [4.69, 9.17) is 16.3 Å². The van der Waals surface area contributed by atoms with Gasteiger partial charge in [-0.2, -0.15) is 0 Å². The zero-order chi connectivity index (χ0) is 13.1. The third kappa shape index (κ3) is 3.39. The maximum atomic E-state index is 9.76. The standard InChI is InChI=1S/C15H21ClO2/c1-10-3-6-13(7-4-10)18-15-8-5-12(16)9-14(15)11(2)17/h5,8-11,13,17H,3-4,6-7H2,1-2H3. The number of rotatable bonds is 3. The lowest BCUT2D eigenvalue weighted by molar-refractivity contribution is 0.126. The lowest BCUT2D eigenvalue weighted by Crippen LogP contribution is -2.23. The van der Waals surface area contributed by atoms with Crippen LogP contribution in [0.25, 0.3) is 0 Å². The molecule has 1 aromatic rings. The summed E-state index contributed by atoms with van der Waals surface area (Å²) in [7, 11) is 0. The van der Waals surface area contributed by atoms with Gasteiger partial charge in [-0.15, -0.1) is 0 Å². The first kappa shape index (κ1) is 13.7. The molecule has 1 atom stereocenters. The average molecular weight is 269 g/mol. The van der Waals surface area contributed by atoms with Crippen molar-refractivity contribution in [1.29, 1.82) is 0 Å². The molecule has 1 N–H and O–H groups in total. The van der Waals surface area contributed by atoms with Crippen molar-refractivity contribution >= 4 is 11.6 Å². The maximum Gasteiger partial charge on any atom is 0.125 e. The number of ether oxygens (including phenoxy) is 1. The SMILES string of the molecule is CC1CCC(Oc2ccc(Cl)cc2C(C)O)CC1. The van der Waals surface area contributed by atoms with Crippen molar-refractivity contribution in [3.8, 4) is 5.75 Å². The van der Waals surface area contributed by atoms with Crippen LogP contribution in [-0.4, -0.2) is 11.2 Å². The fraction of sp³-hybridized carbons (Fsp3) is 0.600. The van der Waals surface area contributed by atoms with Crippen molar-refractivity contribution in [3.05, 3.63) is 28.8 Å². The van der Waals surface area contributed by atoms with Gasteiger partial charge in [0.1, 0.15) is 5.75 Å². The highest BCUT2D eigenvalue weighted by molar-refractivity contribution is 6.30. The Bertz CT molecular complexity index is 395. The number of aliphatic hydroxyl groups excluding tert-OH is 1. The van der Waals surface area contributed by atoms with Crippen molar-refractivity contribution in [2.75, 3.05) is 0 Å². The molecule has 0 bridgehead atoms. The van der Waals surface area contributed by atoms with E-state index in [2.05, 4.69) is 6.92 Å². The summed E-state index contributed by atoms with van der Waals surface area (Å²) in [6, 6.07) is 5.46. The van der Waals surface area contributed by atoms with E-state index >= 15 is 0 Å². The minimum atomic E-state index is -0.554. The van der Waals surface area contributed by atoms with Gasteiger partial charge in [0.2, 0.25) is 0 Å². The first-order chi connectivity index (χ1) is 8.56. The van der Waals surface area contributed by atoms with Crippen molar-refractivity contribution < 1.29 is 9.84 Å². The predicted molar refractivity (Wildman–Crippen MR) is 74.1 cm³/mol. The molecule has 1 aliphatic carbocycles. The highest BCUT2D eigenvalue weighted by atomic mass is 35.5. The monoisotopic (exact) mass is 268 g/mol. The molecule has 2 nitrogen and oxygen atoms in total. The van der Waals surface area contributed by atoms with E-state index in [0.717, 1.165) is 30.1 Å². The van der Waals surface area contributed by atoms with Crippen LogP contribution in [-0.2, 0) is 0 Å². The first-order valence-corrected chi connectivity index (χ1v) is 7.08. The van der Waals surface area contributed by atoms with Gasteiger partial charge in [0.15, 0.2) is 0 Å². The zero-order valence-electron chi connectivity index (χ0n) is 11.0. The van der Waals surface area contributed by atoms with Crippen molar-refractivity contribution in [2.24, 2.45) is 5.92 Å². The number of aliphatic hydroxyl groups is 1. The van der Waals surface area contributed by atoms with Crippen LogP contribution >= 0.6 is 11.6 Å². The Kier molecular flexibility index (Phi) is 4.52. The van der Waals surface area contributed by atoms with Crippen LogP contribution in [0.15, 0.2) is 18.2 Å². The summed E-state index contributed by atoms with van der Waals surface area (Å²) in [4.78, 5) is 0. The van der Waals surface area contributed by atoms with Gasteiger partial charge < -0.3 is 9.84 Å². The predicted octanol–water partition coefficient (Wildman–Crippen LogP) is 4.35. The van der Waals surface area contributed by atoms with Gasteiger partial charge in [-0.3, -0.25) is 0 Å². The third-order valence-electron chi connectivity index (χ3n) is 3.68. The Labute approximate surface area is 114 Å². The fourth-order valence-electron chi connectivity index (χ4n) is 2.48. The second kappa shape index (κ2) is 5.94. The lowest BCUT2D eigenvalue weighted by Gasteiger charge is -2.28. The number of hydrogen-bond acceptors (Lipinski definition) is 2. The summed E-state index contributed by atoms with van der Waals surface area (Å²) >= 11 is 5.96. The molecule has 0 aliphatic heterocycles. The molecule has 0 saturated heterocycles. The summed E-state index contributed by atoms with van der Waals surface area (Å²) in [6.45, 7) is 4.03. The smallest absolute Gasteiger partial charge is 0.125 e. The van der Waals surface area contributed by atoms with Gasteiger partial charge in [0, 0.05) is 10.6 Å². The minimum Gasteiger partial charge on any atom is -0.490 e. The van der Waals surface area contributed by atoms with Crippen LogP contribution < -0.4 is 4.74 Å². The van der Waals surface area contributed by atoms with Crippen LogP contribution in [0.1, 0.15) is 51.2 Å². The molecule has 1 aromatic carbocycles. The zero-order valence-corrected chi connectivity index (χ0v) is 11.8. The van der Waals surface area contributed by atoms with Gasteiger partial charge >= 0.3 is 0 Å². The molecule has 0 heterocycles. The van der Waals surface area contributed by atoms with E-state index in [1.165, 1.54) is 12.8 Å². The molecule has 1 unspecified atom stereocenters. The molecular weight excluding hydrogens is 248 g/mol. The van der Waals surface area contributed by atoms with Gasteiger partial charge in [-0.1, -0.05) is 18.5 Å². The lowest BCUT2D eigenvalue weighted by atomic mass is 9.89. The van der Waals surface area contributed by atoms with Gasteiger partial charge in [0.25, 0.3) is 0 Å². The topological polar surface area (TPSA) is 29.5 Å². The quantitative estimate of drug-likeness (QED) is 0.883. The molecule has 0 amide bonds. The second-order valence-corrected chi connectivity index (χ2v) is 5.79. The molecule has 100 valence electrons. The Morgan fingerprint density at radius 3 is 2.56 bits per heavy atom. The molecule has 2 rings (SSSR count). The van der Waals surface area contributed by atoms with Crippen molar-refractivity contribution in [2.45, 2.75) is 51.7 Å². The molecule has 1 saturated carbocycles. The van der Waals surface area contributed by atoms with Gasteiger partial charge in [-0.25, -0.2) is 0 Å². The molecule has 3 heteroatoms. The molecule has 0 aromatic heterocycles. The Balaban J connectivity index is 2.09. The van der Waals surface area contributed by atoms with Crippen molar-refractivity contribution in [3.63, 3.8) is 0 Å². The highest BCUT2D eigenvalue weighted by Gasteiger charge is 2.21. The summed E-state index contributed by atoms with van der Waals surface area (Å²) in [6.07, 6.45) is 4.37. The van der Waals surface area contributed by atoms with E-state index in [-0.39, 0.29) is 6.10 Å². The van der Waals surface area contributed by atoms with Crippen molar-refractivity contribution in [1.82, 2.24) is 0 Å². The molecule has 1 fully saturated rings. The normalized spacial score (nSPS) is 25.8. The Morgan fingerprint density at radius 1 is 1.28 bits per heavy atom. The Morgan fingerprint density at radius 2 is 1.94 bits per heavy atom. The number of hydrogen-bond donors (Lipinski definition) is 1. The van der Waals surface area contributed by atoms with E-state index < -0.39 is 6.10 Å².